The SMILES string of the molecule is COC(=O)c1ccc([C@H]2N(C)CCC(F)(F)C2(F)F)cc1. The molecule has 3 nitrogen and oxygen atoms in total. The van der Waals surface area contributed by atoms with Gasteiger partial charge in [-0.15, -0.1) is 0 Å². The van der Waals surface area contributed by atoms with E-state index in [1.807, 2.05) is 0 Å². The molecule has 0 N–H and O–H groups in total. The Morgan fingerprint density at radius 3 is 2.33 bits per heavy atom. The summed E-state index contributed by atoms with van der Waals surface area (Å²) >= 11 is 0. The van der Waals surface area contributed by atoms with Crippen molar-refractivity contribution < 1.29 is 27.1 Å². The van der Waals surface area contributed by atoms with E-state index in [0.29, 0.717) is 0 Å². The standard InChI is InChI=1S/C14H15F4NO2/c1-19-8-7-13(15,16)14(17,18)11(19)9-3-5-10(6-4-9)12(20)21-2/h3-6,11H,7-8H2,1-2H3/t11-/m1/s1. The molecule has 0 amide bonds. The number of alkyl halides is 4. The molecule has 0 spiro atoms. The van der Waals surface area contributed by atoms with Gasteiger partial charge in [0.15, 0.2) is 0 Å². The first-order valence-electron chi connectivity index (χ1n) is 6.35. The summed E-state index contributed by atoms with van der Waals surface area (Å²) in [6.45, 7) is -0.133. The van der Waals surface area contributed by atoms with Crippen molar-refractivity contribution >= 4 is 5.97 Å². The van der Waals surface area contributed by atoms with Crippen molar-refractivity contribution in [3.8, 4) is 0 Å². The van der Waals surface area contributed by atoms with Gasteiger partial charge in [-0.1, -0.05) is 12.1 Å². The highest BCUT2D eigenvalue weighted by Gasteiger charge is 2.64. The van der Waals surface area contributed by atoms with Crippen LogP contribution in [0, 0.1) is 0 Å². The van der Waals surface area contributed by atoms with Gasteiger partial charge in [0.25, 0.3) is 0 Å². The number of ether oxygens (including phenoxy) is 1. The summed E-state index contributed by atoms with van der Waals surface area (Å²) in [5, 5.41) is 0. The average Bonchev–Trinajstić information content (AvgIpc) is 2.43. The highest BCUT2D eigenvalue weighted by Crippen LogP contribution is 2.50. The molecule has 1 atom stereocenters. The van der Waals surface area contributed by atoms with Crippen LogP contribution in [0.1, 0.15) is 28.4 Å². The Morgan fingerprint density at radius 1 is 1.24 bits per heavy atom. The fourth-order valence-corrected chi connectivity index (χ4v) is 2.47. The molecule has 0 aromatic heterocycles. The van der Waals surface area contributed by atoms with Gasteiger partial charge in [0.05, 0.1) is 12.7 Å². The maximum Gasteiger partial charge on any atom is 0.337 e. The monoisotopic (exact) mass is 305 g/mol. The zero-order valence-electron chi connectivity index (χ0n) is 11.6. The molecule has 0 unspecified atom stereocenters. The fraction of sp³-hybridized carbons (Fsp3) is 0.500. The van der Waals surface area contributed by atoms with Crippen LogP contribution in [-0.4, -0.2) is 43.4 Å². The lowest BCUT2D eigenvalue weighted by Gasteiger charge is -2.43. The van der Waals surface area contributed by atoms with E-state index in [2.05, 4.69) is 4.74 Å². The second-order valence-electron chi connectivity index (χ2n) is 5.07. The summed E-state index contributed by atoms with van der Waals surface area (Å²) in [7, 11) is 2.57. The number of halogens is 4. The van der Waals surface area contributed by atoms with E-state index < -0.39 is 30.3 Å². The van der Waals surface area contributed by atoms with Crippen LogP contribution < -0.4 is 0 Å². The van der Waals surface area contributed by atoms with Crippen LogP contribution in [0.25, 0.3) is 0 Å². The number of hydrogen-bond acceptors (Lipinski definition) is 3. The fourth-order valence-electron chi connectivity index (χ4n) is 2.47. The molecule has 1 saturated heterocycles. The topological polar surface area (TPSA) is 29.5 Å². The molecule has 1 aliphatic rings. The lowest BCUT2D eigenvalue weighted by molar-refractivity contribution is -0.265. The molecule has 0 aliphatic carbocycles. The van der Waals surface area contributed by atoms with E-state index in [4.69, 9.17) is 0 Å². The molecule has 1 heterocycles. The van der Waals surface area contributed by atoms with Gasteiger partial charge in [-0.3, -0.25) is 4.90 Å². The van der Waals surface area contributed by atoms with Crippen molar-refractivity contribution in [2.45, 2.75) is 24.3 Å². The number of esters is 1. The maximum absolute atomic E-state index is 14.0. The summed E-state index contributed by atoms with van der Waals surface area (Å²) < 4.78 is 59.6. The first-order chi connectivity index (χ1) is 9.70. The smallest absolute Gasteiger partial charge is 0.337 e. The predicted octanol–water partition coefficient (Wildman–Crippen LogP) is 3.12. The Balaban J connectivity index is 2.36. The van der Waals surface area contributed by atoms with Gasteiger partial charge in [-0.25, -0.2) is 4.79 Å². The number of carbonyl (C=O) groups is 1. The Kier molecular flexibility index (Phi) is 3.97. The lowest BCUT2D eigenvalue weighted by Crippen LogP contribution is -2.56. The number of rotatable bonds is 2. The number of piperidine rings is 1. The minimum absolute atomic E-state index is 0.0366. The largest absolute Gasteiger partial charge is 0.465 e. The van der Waals surface area contributed by atoms with Crippen LogP contribution in [-0.2, 0) is 4.74 Å². The molecule has 1 aromatic rings. The molecule has 7 heteroatoms. The highest BCUT2D eigenvalue weighted by molar-refractivity contribution is 5.89. The van der Waals surface area contributed by atoms with Crippen molar-refractivity contribution in [3.05, 3.63) is 35.4 Å². The summed E-state index contributed by atoms with van der Waals surface area (Å²) in [5.41, 5.74) is 0.212. The normalized spacial score (nSPS) is 24.6. The molecule has 0 bridgehead atoms. The summed E-state index contributed by atoms with van der Waals surface area (Å²) in [5.74, 6) is -8.84. The van der Waals surface area contributed by atoms with Gasteiger partial charge < -0.3 is 4.74 Å². The van der Waals surface area contributed by atoms with Crippen LogP contribution in [0.3, 0.4) is 0 Å². The molecule has 0 radical (unpaired) electrons. The predicted molar refractivity (Wildman–Crippen MR) is 67.7 cm³/mol. The minimum atomic E-state index is -4.17. The number of carbonyl (C=O) groups excluding carboxylic acids is 1. The molecule has 116 valence electrons. The highest BCUT2D eigenvalue weighted by atomic mass is 19.3. The van der Waals surface area contributed by atoms with Gasteiger partial charge in [-0.05, 0) is 24.7 Å². The molecular weight excluding hydrogens is 290 g/mol. The van der Waals surface area contributed by atoms with Crippen molar-refractivity contribution in [2.75, 3.05) is 20.7 Å². The van der Waals surface area contributed by atoms with E-state index in [1.165, 1.54) is 43.3 Å². The van der Waals surface area contributed by atoms with E-state index in [-0.39, 0.29) is 17.7 Å². The van der Waals surface area contributed by atoms with Gasteiger partial charge in [0.1, 0.15) is 6.04 Å². The van der Waals surface area contributed by atoms with Crippen molar-refractivity contribution in [1.82, 2.24) is 4.90 Å². The number of hydrogen-bond donors (Lipinski definition) is 0. The van der Waals surface area contributed by atoms with Gasteiger partial charge >= 0.3 is 17.8 Å². The summed E-state index contributed by atoms with van der Waals surface area (Å²) in [6, 6.07) is 3.36. The zero-order chi connectivity index (χ0) is 15.8. The Hall–Kier alpha value is -1.63. The quantitative estimate of drug-likeness (QED) is 0.621. The Bertz CT molecular complexity index is 530. The molecule has 1 aromatic carbocycles. The molecule has 1 aliphatic heterocycles. The van der Waals surface area contributed by atoms with E-state index in [1.54, 1.807) is 0 Å². The number of likely N-dealkylation sites (tertiary alicyclic amines) is 1. The number of methoxy groups -OCH3 is 1. The minimum Gasteiger partial charge on any atom is -0.465 e. The van der Waals surface area contributed by atoms with E-state index in [0.717, 1.165) is 0 Å². The average molecular weight is 305 g/mol. The Labute approximate surface area is 119 Å². The number of benzene rings is 1. The van der Waals surface area contributed by atoms with Gasteiger partial charge in [-0.2, -0.15) is 17.6 Å². The van der Waals surface area contributed by atoms with E-state index >= 15 is 0 Å². The summed E-state index contributed by atoms with van der Waals surface area (Å²) in [6.07, 6.45) is -0.882. The van der Waals surface area contributed by atoms with Crippen molar-refractivity contribution in [3.63, 3.8) is 0 Å². The van der Waals surface area contributed by atoms with Crippen LogP contribution in [0.2, 0.25) is 0 Å². The molecular formula is C14H15F4NO2. The van der Waals surface area contributed by atoms with E-state index in [9.17, 15) is 22.4 Å². The third kappa shape index (κ3) is 2.62. The molecule has 0 saturated carbocycles. The third-order valence-corrected chi connectivity index (χ3v) is 3.70. The van der Waals surface area contributed by atoms with Crippen molar-refractivity contribution in [2.24, 2.45) is 0 Å². The summed E-state index contributed by atoms with van der Waals surface area (Å²) in [4.78, 5) is 12.5. The van der Waals surface area contributed by atoms with Gasteiger partial charge in [0.2, 0.25) is 0 Å². The molecule has 21 heavy (non-hydrogen) atoms. The first-order valence-corrected chi connectivity index (χ1v) is 6.35. The Morgan fingerprint density at radius 2 is 1.81 bits per heavy atom. The van der Waals surface area contributed by atoms with Crippen molar-refractivity contribution in [1.29, 1.82) is 0 Å². The second-order valence-corrected chi connectivity index (χ2v) is 5.07. The molecule has 2 rings (SSSR count). The maximum atomic E-state index is 14.0. The first kappa shape index (κ1) is 15.8. The zero-order valence-corrected chi connectivity index (χ0v) is 11.6. The second kappa shape index (κ2) is 5.29. The van der Waals surface area contributed by atoms with Gasteiger partial charge in [0, 0.05) is 13.0 Å². The van der Waals surface area contributed by atoms with Crippen LogP contribution in [0.5, 0.6) is 0 Å². The third-order valence-electron chi connectivity index (χ3n) is 3.70. The van der Waals surface area contributed by atoms with Crippen LogP contribution in [0.15, 0.2) is 24.3 Å². The van der Waals surface area contributed by atoms with Crippen LogP contribution in [0.4, 0.5) is 17.6 Å². The number of nitrogens with zero attached hydrogens (tertiary/aromatic N) is 1. The van der Waals surface area contributed by atoms with Crippen LogP contribution >= 0.6 is 0 Å². The lowest BCUT2D eigenvalue weighted by atomic mass is 9.89. The molecule has 1 fully saturated rings.